The lowest BCUT2D eigenvalue weighted by molar-refractivity contribution is -0.161. The van der Waals surface area contributed by atoms with Crippen molar-refractivity contribution in [3.63, 3.8) is 0 Å². The second kappa shape index (κ2) is 74.5. The summed E-state index contributed by atoms with van der Waals surface area (Å²) in [6.45, 7) is 9.62. The Labute approximate surface area is 626 Å². The van der Waals surface area contributed by atoms with Gasteiger partial charge in [0.25, 0.3) is 0 Å². The van der Waals surface area contributed by atoms with E-state index in [1.807, 2.05) is 0 Å². The van der Waals surface area contributed by atoms with Gasteiger partial charge in [-0.25, -0.2) is 9.13 Å². The van der Waals surface area contributed by atoms with Crippen molar-refractivity contribution in [3.05, 3.63) is 0 Å². The molecule has 0 aromatic heterocycles. The normalized spacial score (nSPS) is 14.4. The van der Waals surface area contributed by atoms with Crippen LogP contribution in [0.15, 0.2) is 0 Å². The summed E-state index contributed by atoms with van der Waals surface area (Å²) in [4.78, 5) is 72.9. The Morgan fingerprint density at radius 2 is 0.471 bits per heavy atom. The van der Waals surface area contributed by atoms with Gasteiger partial charge in [0.15, 0.2) is 12.2 Å². The number of ether oxygens (including phenoxy) is 4. The van der Waals surface area contributed by atoms with Gasteiger partial charge in [0, 0.05) is 25.7 Å². The van der Waals surface area contributed by atoms with E-state index in [2.05, 4.69) is 41.5 Å². The van der Waals surface area contributed by atoms with Gasteiger partial charge >= 0.3 is 39.5 Å². The molecule has 0 aliphatic carbocycles. The number of carbonyl (C=O) groups is 4. The monoisotopic (exact) mass is 1490 g/mol. The van der Waals surface area contributed by atoms with Crippen molar-refractivity contribution >= 4 is 39.5 Å². The van der Waals surface area contributed by atoms with Gasteiger partial charge in [-0.1, -0.05) is 388 Å². The van der Waals surface area contributed by atoms with Crippen LogP contribution in [0.25, 0.3) is 0 Å². The third kappa shape index (κ3) is 73.6. The molecule has 0 saturated carbocycles. The predicted octanol–water partition coefficient (Wildman–Crippen LogP) is 25.1. The zero-order valence-corrected chi connectivity index (χ0v) is 68.7. The molecule has 0 amide bonds. The van der Waals surface area contributed by atoms with E-state index in [0.29, 0.717) is 25.7 Å². The fourth-order valence-corrected chi connectivity index (χ4v) is 14.4. The van der Waals surface area contributed by atoms with E-state index in [1.54, 1.807) is 0 Å². The van der Waals surface area contributed by atoms with Gasteiger partial charge in [-0.3, -0.25) is 37.3 Å². The zero-order valence-electron chi connectivity index (χ0n) is 66.9. The molecule has 0 spiro atoms. The topological polar surface area (TPSA) is 237 Å². The lowest BCUT2D eigenvalue weighted by Crippen LogP contribution is -2.30. The van der Waals surface area contributed by atoms with Crippen LogP contribution in [0.3, 0.4) is 0 Å². The maximum absolute atomic E-state index is 13.1. The van der Waals surface area contributed by atoms with Crippen molar-refractivity contribution in [1.29, 1.82) is 0 Å². The highest BCUT2D eigenvalue weighted by Gasteiger charge is 2.30. The highest BCUT2D eigenvalue weighted by atomic mass is 31.2. The fourth-order valence-electron chi connectivity index (χ4n) is 12.8. The van der Waals surface area contributed by atoms with E-state index < -0.39 is 97.5 Å². The molecular formula is C83H162O17P2. The second-order valence-corrected chi connectivity index (χ2v) is 33.3. The fraction of sp³-hybridized carbons (Fsp3) is 0.952. The lowest BCUT2D eigenvalue weighted by Gasteiger charge is -2.21. The van der Waals surface area contributed by atoms with Crippen molar-refractivity contribution in [2.75, 3.05) is 39.6 Å². The Balaban J connectivity index is 5.14. The molecule has 0 aliphatic rings. The molecule has 0 fully saturated rings. The van der Waals surface area contributed by atoms with Crippen LogP contribution in [-0.4, -0.2) is 96.7 Å². The van der Waals surface area contributed by atoms with Crippen LogP contribution < -0.4 is 0 Å². The summed E-state index contributed by atoms with van der Waals surface area (Å²) in [5, 5.41) is 10.6. The first-order chi connectivity index (χ1) is 49.4. The molecule has 4 unspecified atom stereocenters. The van der Waals surface area contributed by atoms with Gasteiger partial charge in [0.2, 0.25) is 0 Å². The smallest absolute Gasteiger partial charge is 0.462 e. The summed E-state index contributed by atoms with van der Waals surface area (Å²) < 4.78 is 68.6. The van der Waals surface area contributed by atoms with Crippen molar-refractivity contribution < 1.29 is 80.2 Å². The number of aliphatic hydroxyl groups is 1. The van der Waals surface area contributed by atoms with Crippen molar-refractivity contribution in [2.45, 2.75) is 458 Å². The molecule has 0 aromatic rings. The van der Waals surface area contributed by atoms with Crippen molar-refractivity contribution in [2.24, 2.45) is 11.8 Å². The average Bonchev–Trinajstić information content (AvgIpc) is 0.921. The first kappa shape index (κ1) is 100. The summed E-state index contributed by atoms with van der Waals surface area (Å²) >= 11 is 0. The number of phosphoric acid groups is 2. The standard InChI is InChI=1S/C83H162O17P2/c1-7-11-13-15-17-19-20-21-22-23-24-25-26-27-31-34-37-40-43-47-54-60-66-81(86)94-71-78(99-82(87)67-61-55-48-44-41-38-35-32-29-28-30-33-36-39-42-45-51-57-63-75(5)9-3)73-97-101(89,90)95-69-77(84)70-96-102(91,92)98-74-79(72-93-80(85)65-59-53-46-18-16-14-12-8-2)100-83(88)68-62-56-50-49-52-58-64-76(6)10-4/h75-79,84H,7-74H2,1-6H3,(H,89,90)(H,91,92)/t75?,76?,77-,78-,79-/m1/s1. The Bertz CT molecular complexity index is 1960. The Morgan fingerprint density at radius 1 is 0.275 bits per heavy atom. The highest BCUT2D eigenvalue weighted by Crippen LogP contribution is 2.45. The average molecular weight is 1490 g/mol. The number of aliphatic hydroxyl groups excluding tert-OH is 1. The highest BCUT2D eigenvalue weighted by molar-refractivity contribution is 7.47. The largest absolute Gasteiger partial charge is 0.472 e. The van der Waals surface area contributed by atoms with E-state index in [-0.39, 0.29) is 25.7 Å². The van der Waals surface area contributed by atoms with Crippen LogP contribution in [0.4, 0.5) is 0 Å². The Kier molecular flexibility index (Phi) is 73.1. The maximum Gasteiger partial charge on any atom is 0.472 e. The third-order valence-corrected chi connectivity index (χ3v) is 22.1. The van der Waals surface area contributed by atoms with E-state index >= 15 is 0 Å². The zero-order chi connectivity index (χ0) is 74.9. The van der Waals surface area contributed by atoms with Gasteiger partial charge in [-0.2, -0.15) is 0 Å². The molecule has 3 N–H and O–H groups in total. The molecule has 606 valence electrons. The van der Waals surface area contributed by atoms with Gasteiger partial charge in [0.05, 0.1) is 26.4 Å². The second-order valence-electron chi connectivity index (χ2n) is 30.4. The van der Waals surface area contributed by atoms with Crippen LogP contribution in [0, 0.1) is 11.8 Å². The summed E-state index contributed by atoms with van der Waals surface area (Å²) in [5.41, 5.74) is 0. The molecule has 0 rings (SSSR count). The van der Waals surface area contributed by atoms with Gasteiger partial charge in [0.1, 0.15) is 19.3 Å². The van der Waals surface area contributed by atoms with Crippen LogP contribution in [-0.2, 0) is 65.4 Å². The molecule has 0 aromatic carbocycles. The van der Waals surface area contributed by atoms with Crippen molar-refractivity contribution in [3.8, 4) is 0 Å². The van der Waals surface area contributed by atoms with Crippen LogP contribution in [0.1, 0.15) is 440 Å². The van der Waals surface area contributed by atoms with Gasteiger partial charge in [-0.15, -0.1) is 0 Å². The molecule has 19 heteroatoms. The molecule has 17 nitrogen and oxygen atoms in total. The summed E-state index contributed by atoms with van der Waals surface area (Å²) in [7, 11) is -9.91. The summed E-state index contributed by atoms with van der Waals surface area (Å²) in [5.74, 6) is -0.524. The minimum Gasteiger partial charge on any atom is -0.462 e. The predicted molar refractivity (Wildman–Crippen MR) is 418 cm³/mol. The number of esters is 4. The van der Waals surface area contributed by atoms with Crippen molar-refractivity contribution in [1.82, 2.24) is 0 Å². The first-order valence-corrected chi connectivity index (χ1v) is 46.1. The van der Waals surface area contributed by atoms with Crippen LogP contribution in [0.2, 0.25) is 0 Å². The number of hydrogen-bond donors (Lipinski definition) is 3. The van der Waals surface area contributed by atoms with E-state index in [1.165, 1.54) is 250 Å². The summed E-state index contributed by atoms with van der Waals surface area (Å²) in [6.07, 6.45) is 65.7. The number of carbonyl (C=O) groups excluding carboxylic acids is 4. The Morgan fingerprint density at radius 3 is 0.696 bits per heavy atom. The number of unbranched alkanes of at least 4 members (excludes halogenated alkanes) is 50. The molecule has 102 heavy (non-hydrogen) atoms. The van der Waals surface area contributed by atoms with E-state index in [9.17, 15) is 43.2 Å². The molecule has 7 atom stereocenters. The number of phosphoric ester groups is 2. The third-order valence-electron chi connectivity index (χ3n) is 20.2. The maximum atomic E-state index is 13.1. The van der Waals surface area contributed by atoms with E-state index in [4.69, 9.17) is 37.0 Å². The molecular weight excluding hydrogens is 1330 g/mol. The van der Waals surface area contributed by atoms with E-state index in [0.717, 1.165) is 108 Å². The molecule has 0 saturated heterocycles. The molecule has 0 heterocycles. The number of rotatable bonds is 82. The molecule has 0 aliphatic heterocycles. The van der Waals surface area contributed by atoms with Gasteiger partial charge < -0.3 is 33.8 Å². The Hall–Kier alpha value is -1.94. The quantitative estimate of drug-likeness (QED) is 0.0222. The molecule has 0 radical (unpaired) electrons. The van der Waals surface area contributed by atoms with Crippen LogP contribution >= 0.6 is 15.6 Å². The van der Waals surface area contributed by atoms with Crippen LogP contribution in [0.5, 0.6) is 0 Å². The first-order valence-electron chi connectivity index (χ1n) is 43.1. The molecule has 0 bridgehead atoms. The minimum atomic E-state index is -4.96. The lowest BCUT2D eigenvalue weighted by atomic mass is 9.99. The minimum absolute atomic E-state index is 0.103. The van der Waals surface area contributed by atoms with Gasteiger partial charge in [-0.05, 0) is 37.5 Å². The summed E-state index contributed by atoms with van der Waals surface area (Å²) in [6, 6.07) is 0. The SMILES string of the molecule is CCCCCCCCCCCCCCCCCCCCCCCCC(=O)OC[C@H](COP(=O)(O)OC[C@@H](O)COP(=O)(O)OC[C@@H](COC(=O)CCCCCCCCCC)OC(=O)CCCCCCCCC(C)CC)OC(=O)CCCCCCCCCCCCCCCCCCCCC(C)CC. The number of hydrogen-bond acceptors (Lipinski definition) is 15.